The molecule has 3 aromatic rings. The molecule has 0 amide bonds. The van der Waals surface area contributed by atoms with Crippen molar-refractivity contribution in [2.75, 3.05) is 7.11 Å². The van der Waals surface area contributed by atoms with Crippen molar-refractivity contribution in [1.29, 1.82) is 0 Å². The van der Waals surface area contributed by atoms with E-state index < -0.39 is 5.97 Å². The number of methoxy groups -OCH3 is 1. The molecule has 2 aromatic carbocycles. The molecular weight excluding hydrogens is 374 g/mol. The molecule has 0 aliphatic rings. The largest absolute Gasteiger partial charge is 0.493 e. The van der Waals surface area contributed by atoms with Crippen molar-refractivity contribution in [3.63, 3.8) is 0 Å². The predicted molar refractivity (Wildman–Crippen MR) is 101 cm³/mol. The van der Waals surface area contributed by atoms with E-state index in [2.05, 4.69) is 4.98 Å². The summed E-state index contributed by atoms with van der Waals surface area (Å²) in [5.74, 6) is 0.0459. The summed E-state index contributed by atoms with van der Waals surface area (Å²) < 4.78 is 11.3. The summed E-state index contributed by atoms with van der Waals surface area (Å²) in [7, 11) is 1.54. The van der Waals surface area contributed by atoms with Crippen molar-refractivity contribution in [2.24, 2.45) is 0 Å². The Hall–Kier alpha value is -2.57. The molecule has 7 heteroatoms. The van der Waals surface area contributed by atoms with Gasteiger partial charge in [-0.2, -0.15) is 0 Å². The number of carboxylic acid groups (broad SMARTS) is 1. The predicted octanol–water partition coefficient (Wildman–Crippen LogP) is 4.68. The van der Waals surface area contributed by atoms with Crippen molar-refractivity contribution in [1.82, 2.24) is 4.98 Å². The number of benzene rings is 2. The molecule has 3 rings (SSSR count). The second kappa shape index (κ2) is 8.21. The first kappa shape index (κ1) is 18.2. The monoisotopic (exact) mass is 389 g/mol. The maximum atomic E-state index is 10.8. The number of rotatable bonds is 7. The molecule has 5 nitrogen and oxygen atoms in total. The van der Waals surface area contributed by atoms with Gasteiger partial charge in [0.15, 0.2) is 11.5 Å². The number of nitrogens with zero attached hydrogens (tertiary/aromatic N) is 1. The zero-order valence-corrected chi connectivity index (χ0v) is 15.5. The molecule has 0 spiro atoms. The minimum atomic E-state index is -0.915. The molecule has 26 heavy (non-hydrogen) atoms. The third-order valence-corrected chi connectivity index (χ3v) is 4.81. The van der Waals surface area contributed by atoms with Crippen LogP contribution in [-0.4, -0.2) is 23.2 Å². The lowest BCUT2D eigenvalue weighted by Gasteiger charge is -2.13. The number of aromatic nitrogens is 1. The van der Waals surface area contributed by atoms with Crippen LogP contribution in [-0.2, 0) is 17.8 Å². The molecule has 0 aliphatic heterocycles. The van der Waals surface area contributed by atoms with E-state index in [-0.39, 0.29) is 6.42 Å². The van der Waals surface area contributed by atoms with Crippen molar-refractivity contribution in [2.45, 2.75) is 13.0 Å². The summed E-state index contributed by atoms with van der Waals surface area (Å²) in [5.41, 5.74) is 2.28. The molecule has 0 fully saturated rings. The van der Waals surface area contributed by atoms with Gasteiger partial charge in [0.1, 0.15) is 11.6 Å². The third-order valence-electron chi connectivity index (χ3n) is 3.59. The molecule has 0 radical (unpaired) electrons. The quantitative estimate of drug-likeness (QED) is 0.635. The third kappa shape index (κ3) is 4.33. The zero-order chi connectivity index (χ0) is 18.5. The van der Waals surface area contributed by atoms with Gasteiger partial charge in [-0.15, -0.1) is 11.3 Å². The molecule has 0 aliphatic carbocycles. The molecule has 134 valence electrons. The van der Waals surface area contributed by atoms with Crippen LogP contribution in [0.5, 0.6) is 11.5 Å². The molecule has 0 saturated heterocycles. The summed E-state index contributed by atoms with van der Waals surface area (Å²) in [6, 6.07) is 13.3. The summed E-state index contributed by atoms with van der Waals surface area (Å²) >= 11 is 7.76. The fourth-order valence-electron chi connectivity index (χ4n) is 2.39. The fraction of sp³-hybridized carbons (Fsp3) is 0.158. The van der Waals surface area contributed by atoms with Gasteiger partial charge in [-0.25, -0.2) is 4.98 Å². The standard InChI is InChI=1S/C19H16ClNO4S/c1-24-16-8-13(19-21-14(11-26-19)9-17(22)23)7-15(20)18(16)25-10-12-5-3-2-4-6-12/h2-8,11H,9-10H2,1H3,(H,22,23). The Balaban J connectivity index is 1.84. The van der Waals surface area contributed by atoms with Crippen LogP contribution in [0.1, 0.15) is 11.3 Å². The normalized spacial score (nSPS) is 10.5. The van der Waals surface area contributed by atoms with Gasteiger partial charge in [0, 0.05) is 10.9 Å². The lowest BCUT2D eigenvalue weighted by Crippen LogP contribution is -2.00. The number of carboxylic acids is 1. The van der Waals surface area contributed by atoms with Crippen LogP contribution in [0.4, 0.5) is 0 Å². The van der Waals surface area contributed by atoms with Gasteiger partial charge < -0.3 is 14.6 Å². The van der Waals surface area contributed by atoms with Crippen molar-refractivity contribution >= 4 is 28.9 Å². The van der Waals surface area contributed by atoms with Gasteiger partial charge in [-0.05, 0) is 17.7 Å². The van der Waals surface area contributed by atoms with Crippen LogP contribution < -0.4 is 9.47 Å². The van der Waals surface area contributed by atoms with Crippen molar-refractivity contribution < 1.29 is 19.4 Å². The van der Waals surface area contributed by atoms with Gasteiger partial charge in [0.05, 0.1) is 24.2 Å². The van der Waals surface area contributed by atoms with E-state index >= 15 is 0 Å². The van der Waals surface area contributed by atoms with Crippen LogP contribution >= 0.6 is 22.9 Å². The van der Waals surface area contributed by atoms with Gasteiger partial charge in [-0.3, -0.25) is 4.79 Å². The highest BCUT2D eigenvalue weighted by atomic mass is 35.5. The highest BCUT2D eigenvalue weighted by molar-refractivity contribution is 7.13. The van der Waals surface area contributed by atoms with Gasteiger partial charge >= 0.3 is 5.97 Å². The molecular formula is C19H16ClNO4S. The van der Waals surface area contributed by atoms with Crippen molar-refractivity contribution in [3.05, 3.63) is 64.1 Å². The van der Waals surface area contributed by atoms with Crippen LogP contribution in [0.15, 0.2) is 47.8 Å². The van der Waals surface area contributed by atoms with E-state index in [0.717, 1.165) is 11.1 Å². The summed E-state index contributed by atoms with van der Waals surface area (Å²) in [5, 5.41) is 11.7. The Morgan fingerprint density at radius 3 is 2.73 bits per heavy atom. The molecule has 1 heterocycles. The number of hydrogen-bond donors (Lipinski definition) is 1. The maximum absolute atomic E-state index is 10.8. The highest BCUT2D eigenvalue weighted by Gasteiger charge is 2.16. The van der Waals surface area contributed by atoms with Crippen LogP contribution in [0.2, 0.25) is 5.02 Å². The van der Waals surface area contributed by atoms with Crippen LogP contribution in [0.25, 0.3) is 10.6 Å². The van der Waals surface area contributed by atoms with E-state index in [1.54, 1.807) is 24.6 Å². The molecule has 1 N–H and O–H groups in total. The minimum Gasteiger partial charge on any atom is -0.493 e. The second-order valence-electron chi connectivity index (χ2n) is 5.48. The average Bonchev–Trinajstić information content (AvgIpc) is 3.08. The van der Waals surface area contributed by atoms with Gasteiger partial charge in [-0.1, -0.05) is 41.9 Å². The first-order valence-corrected chi connectivity index (χ1v) is 9.03. The number of aliphatic carboxylic acids is 1. The number of thiazole rings is 1. The Morgan fingerprint density at radius 1 is 1.27 bits per heavy atom. The molecule has 1 aromatic heterocycles. The van der Waals surface area contributed by atoms with E-state index in [0.29, 0.717) is 33.8 Å². The van der Waals surface area contributed by atoms with E-state index in [1.807, 2.05) is 30.3 Å². The number of halogens is 1. The van der Waals surface area contributed by atoms with Crippen LogP contribution in [0.3, 0.4) is 0 Å². The molecule has 0 saturated carbocycles. The Kier molecular flexibility index (Phi) is 5.75. The number of hydrogen-bond acceptors (Lipinski definition) is 5. The lowest BCUT2D eigenvalue weighted by atomic mass is 10.2. The zero-order valence-electron chi connectivity index (χ0n) is 13.9. The average molecular weight is 390 g/mol. The fourth-order valence-corrected chi connectivity index (χ4v) is 3.46. The summed E-state index contributed by atoms with van der Waals surface area (Å²) in [6.07, 6.45) is -0.111. The van der Waals surface area contributed by atoms with E-state index in [4.69, 9.17) is 26.2 Å². The summed E-state index contributed by atoms with van der Waals surface area (Å²) in [4.78, 5) is 15.2. The lowest BCUT2D eigenvalue weighted by molar-refractivity contribution is -0.136. The van der Waals surface area contributed by atoms with Gasteiger partial charge in [0.2, 0.25) is 0 Å². The smallest absolute Gasteiger partial charge is 0.309 e. The molecule has 0 bridgehead atoms. The second-order valence-corrected chi connectivity index (χ2v) is 6.74. The Morgan fingerprint density at radius 2 is 2.04 bits per heavy atom. The maximum Gasteiger partial charge on any atom is 0.309 e. The number of ether oxygens (including phenoxy) is 2. The van der Waals surface area contributed by atoms with Crippen LogP contribution in [0, 0.1) is 0 Å². The topological polar surface area (TPSA) is 68.7 Å². The Bertz CT molecular complexity index is 911. The first-order valence-electron chi connectivity index (χ1n) is 7.77. The first-order chi connectivity index (χ1) is 12.6. The minimum absolute atomic E-state index is 0.111. The van der Waals surface area contributed by atoms with Gasteiger partial charge in [0.25, 0.3) is 0 Å². The summed E-state index contributed by atoms with van der Waals surface area (Å²) in [6.45, 7) is 0.371. The van der Waals surface area contributed by atoms with E-state index in [9.17, 15) is 4.79 Å². The molecule has 0 atom stereocenters. The number of carbonyl (C=O) groups is 1. The Labute approximate surface area is 159 Å². The van der Waals surface area contributed by atoms with Crippen molar-refractivity contribution in [3.8, 4) is 22.1 Å². The van der Waals surface area contributed by atoms with E-state index in [1.165, 1.54) is 11.3 Å². The molecule has 0 unspecified atom stereocenters. The SMILES string of the molecule is COc1cc(-c2nc(CC(=O)O)cs2)cc(Cl)c1OCc1ccccc1. The highest BCUT2D eigenvalue weighted by Crippen LogP contribution is 2.40.